The number of carbonyl (C=O) groups excluding carboxylic acids is 1. The number of carbonyl (C=O) groups is 1. The van der Waals surface area contributed by atoms with Gasteiger partial charge in [0.05, 0.1) is 12.0 Å². The third kappa shape index (κ3) is 5.09. The van der Waals surface area contributed by atoms with E-state index in [4.69, 9.17) is 15.7 Å². The van der Waals surface area contributed by atoms with Gasteiger partial charge in [0, 0.05) is 11.4 Å². The molecular weight excluding hydrogens is 326 g/mol. The molecule has 1 N–H and O–H groups in total. The molecule has 142 valence electrons. The average molecular weight is 366 g/mol. The minimum absolute atomic E-state index is 0.222. The number of esters is 1. The zero-order chi connectivity index (χ0) is 26.0. The summed E-state index contributed by atoms with van der Waals surface area (Å²) in [5.41, 5.74) is -1.86. The highest BCUT2D eigenvalue weighted by molar-refractivity contribution is 5.81. The lowest BCUT2D eigenvalue weighted by Gasteiger charge is -2.36. The number of hydrogen-bond donors (Lipinski definition) is 1. The highest BCUT2D eigenvalue weighted by Crippen LogP contribution is 2.40. The minimum Gasteiger partial charge on any atom is -0.450 e. The lowest BCUT2D eigenvalue weighted by molar-refractivity contribution is -0.174. The Morgan fingerprint density at radius 1 is 1.23 bits per heavy atom. The quantitative estimate of drug-likeness (QED) is 0.595. The van der Waals surface area contributed by atoms with Crippen LogP contribution in [-0.4, -0.2) is 42.0 Å². The SMILES string of the molecule is [2H]C([2H])(C#CC([2H])([2H])N(C([2H])([2H])C)C([2H])([2H])C)OC(=O)[C@@](O)(c1ccccc1)C1CCCCC1. The Labute approximate surface area is 168 Å². The molecule has 1 fully saturated rings. The Morgan fingerprint density at radius 3 is 2.50 bits per heavy atom. The van der Waals surface area contributed by atoms with Crippen LogP contribution in [0, 0.1) is 17.8 Å². The van der Waals surface area contributed by atoms with E-state index in [1.807, 2.05) is 11.8 Å². The van der Waals surface area contributed by atoms with Gasteiger partial charge in [-0.2, -0.15) is 0 Å². The Balaban J connectivity index is 2.37. The molecule has 4 heteroatoms. The molecule has 0 amide bonds. The molecule has 0 spiro atoms. The van der Waals surface area contributed by atoms with Crippen LogP contribution in [0.3, 0.4) is 0 Å². The standard InChI is InChI=1S/C22H31NO3/c1-3-23(4-2)17-11-12-18-26-21(24)22(25,19-13-7-5-8-14-19)20-15-9-6-10-16-20/h5,7-8,13-14,20,25H,3-4,6,9-10,15-18H2,1-2H3/t22-/m1/s1/i3D2,4D2,17D2,18D2. The Bertz CT molecular complexity index is 898. The number of hydrogen-bond acceptors (Lipinski definition) is 4. The lowest BCUT2D eigenvalue weighted by Crippen LogP contribution is -2.45. The summed E-state index contributed by atoms with van der Waals surface area (Å²) >= 11 is 0. The van der Waals surface area contributed by atoms with Crippen molar-refractivity contribution in [2.45, 2.75) is 51.6 Å². The van der Waals surface area contributed by atoms with Crippen molar-refractivity contribution < 1.29 is 25.6 Å². The lowest BCUT2D eigenvalue weighted by atomic mass is 9.73. The van der Waals surface area contributed by atoms with Crippen molar-refractivity contribution in [1.29, 1.82) is 0 Å². The number of aliphatic hydroxyl groups is 1. The van der Waals surface area contributed by atoms with Crippen molar-refractivity contribution in [1.82, 2.24) is 4.90 Å². The number of benzene rings is 1. The van der Waals surface area contributed by atoms with Gasteiger partial charge in [-0.1, -0.05) is 75.3 Å². The zero-order valence-electron chi connectivity index (χ0n) is 23.2. The third-order valence-corrected chi connectivity index (χ3v) is 4.59. The van der Waals surface area contributed by atoms with Gasteiger partial charge in [-0.25, -0.2) is 4.79 Å². The molecule has 0 saturated heterocycles. The molecule has 4 nitrogen and oxygen atoms in total. The summed E-state index contributed by atoms with van der Waals surface area (Å²) in [5, 5.41) is 11.5. The summed E-state index contributed by atoms with van der Waals surface area (Å²) in [5.74, 6) is 1.99. The highest BCUT2D eigenvalue weighted by atomic mass is 16.5. The molecule has 0 aliphatic heterocycles. The first-order chi connectivity index (χ1) is 15.4. The van der Waals surface area contributed by atoms with Crippen LogP contribution in [0.2, 0.25) is 0 Å². The maximum atomic E-state index is 13.2. The summed E-state index contributed by atoms with van der Waals surface area (Å²) in [6.07, 6.45) is 3.65. The molecule has 1 aromatic carbocycles. The molecule has 1 aliphatic rings. The smallest absolute Gasteiger partial charge is 0.344 e. The number of ether oxygens (including phenoxy) is 1. The van der Waals surface area contributed by atoms with Crippen molar-refractivity contribution >= 4 is 5.97 Å². The van der Waals surface area contributed by atoms with Crippen molar-refractivity contribution in [2.24, 2.45) is 5.92 Å². The van der Waals surface area contributed by atoms with Gasteiger partial charge in [0.15, 0.2) is 12.2 Å². The van der Waals surface area contributed by atoms with E-state index in [-0.39, 0.29) is 10.5 Å². The van der Waals surface area contributed by atoms with E-state index >= 15 is 0 Å². The van der Waals surface area contributed by atoms with Crippen LogP contribution in [0.5, 0.6) is 0 Å². The molecule has 1 saturated carbocycles. The molecule has 1 aromatic rings. The van der Waals surface area contributed by atoms with Crippen molar-refractivity contribution in [3.8, 4) is 11.8 Å². The summed E-state index contributed by atoms with van der Waals surface area (Å²) in [7, 11) is 0. The molecule has 0 radical (unpaired) electrons. The van der Waals surface area contributed by atoms with Crippen LogP contribution in [0.25, 0.3) is 0 Å². The van der Waals surface area contributed by atoms with Crippen molar-refractivity contribution in [3.05, 3.63) is 35.9 Å². The minimum atomic E-state index is -3.03. The van der Waals surface area contributed by atoms with Gasteiger partial charge < -0.3 is 9.84 Å². The Morgan fingerprint density at radius 2 is 1.88 bits per heavy atom. The van der Waals surface area contributed by atoms with E-state index in [1.165, 1.54) is 0 Å². The van der Waals surface area contributed by atoms with Gasteiger partial charge in [-0.15, -0.1) is 0 Å². The van der Waals surface area contributed by atoms with Gasteiger partial charge in [0.25, 0.3) is 0 Å². The molecule has 0 unspecified atom stereocenters. The highest BCUT2D eigenvalue weighted by Gasteiger charge is 2.46. The van der Waals surface area contributed by atoms with Crippen molar-refractivity contribution in [3.63, 3.8) is 0 Å². The topological polar surface area (TPSA) is 49.8 Å². The van der Waals surface area contributed by atoms with E-state index in [1.54, 1.807) is 30.3 Å². The first-order valence-corrected chi connectivity index (χ1v) is 8.77. The fraction of sp³-hybridized carbons (Fsp3) is 0.591. The maximum Gasteiger partial charge on any atom is 0.344 e. The Kier molecular flexibility index (Phi) is 4.69. The van der Waals surface area contributed by atoms with Crippen LogP contribution < -0.4 is 0 Å². The van der Waals surface area contributed by atoms with E-state index in [9.17, 15) is 9.90 Å². The fourth-order valence-corrected chi connectivity index (χ4v) is 3.22. The summed E-state index contributed by atoms with van der Waals surface area (Å²) in [6.45, 7) is -9.04. The van der Waals surface area contributed by atoms with Crippen LogP contribution in [0.15, 0.2) is 30.3 Å². The van der Waals surface area contributed by atoms with E-state index in [0.717, 1.165) is 33.1 Å². The van der Waals surface area contributed by atoms with Crippen LogP contribution in [0.4, 0.5) is 0 Å². The summed E-state index contributed by atoms with van der Waals surface area (Å²) in [6, 6.07) is 8.12. The third-order valence-electron chi connectivity index (χ3n) is 4.59. The average Bonchev–Trinajstić information content (AvgIpc) is 2.70. The van der Waals surface area contributed by atoms with E-state index in [2.05, 4.69) is 0 Å². The monoisotopic (exact) mass is 365 g/mol. The fourth-order valence-electron chi connectivity index (χ4n) is 3.22. The normalized spacial score (nSPS) is 24.0. The first kappa shape index (κ1) is 11.8. The maximum absolute atomic E-state index is 13.2. The van der Waals surface area contributed by atoms with Gasteiger partial charge in [0.2, 0.25) is 0 Å². The van der Waals surface area contributed by atoms with Gasteiger partial charge in [-0.3, -0.25) is 4.90 Å². The van der Waals surface area contributed by atoms with Crippen LogP contribution in [-0.2, 0) is 15.1 Å². The molecule has 1 aliphatic carbocycles. The predicted octanol–water partition coefficient (Wildman–Crippen LogP) is 3.34. The van der Waals surface area contributed by atoms with Gasteiger partial charge in [0.1, 0.15) is 0 Å². The predicted molar refractivity (Wildman–Crippen MR) is 103 cm³/mol. The number of rotatable bonds is 7. The van der Waals surface area contributed by atoms with E-state index < -0.39 is 43.5 Å². The zero-order valence-corrected chi connectivity index (χ0v) is 15.2. The molecule has 0 bridgehead atoms. The van der Waals surface area contributed by atoms with Crippen LogP contribution in [0.1, 0.15) is 62.5 Å². The molecule has 0 heterocycles. The Hall–Kier alpha value is -1.83. The second kappa shape index (κ2) is 10.4. The second-order valence-electron chi connectivity index (χ2n) is 6.10. The molecular formula is C22H31NO3. The molecule has 0 aromatic heterocycles. The van der Waals surface area contributed by atoms with Crippen LogP contribution >= 0.6 is 0 Å². The van der Waals surface area contributed by atoms with Gasteiger partial charge >= 0.3 is 5.97 Å². The summed E-state index contributed by atoms with van der Waals surface area (Å²) < 4.78 is 68.2. The van der Waals surface area contributed by atoms with Gasteiger partial charge in [-0.05, 0) is 31.4 Å². The van der Waals surface area contributed by atoms with E-state index in [0.29, 0.717) is 12.8 Å². The molecule has 1 atom stereocenters. The number of nitrogens with zero attached hydrogens (tertiary/aromatic N) is 1. The first-order valence-electron chi connectivity index (χ1n) is 12.8. The largest absolute Gasteiger partial charge is 0.450 e. The molecule has 26 heavy (non-hydrogen) atoms. The summed E-state index contributed by atoms with van der Waals surface area (Å²) in [4.78, 5) is 13.4. The van der Waals surface area contributed by atoms with Crippen molar-refractivity contribution in [2.75, 3.05) is 26.0 Å². The second-order valence-corrected chi connectivity index (χ2v) is 6.10. The molecule has 2 rings (SSSR count).